The topological polar surface area (TPSA) is 321 Å². The first-order chi connectivity index (χ1) is 62.7. The molecule has 660 valence electrons. The maximum atomic E-state index is 14.3. The van der Waals surface area contributed by atoms with E-state index in [2.05, 4.69) is 48.0 Å². The van der Waals surface area contributed by atoms with Gasteiger partial charge in [-0.25, -0.2) is 29.3 Å². The number of rotatable bonds is 29. The summed E-state index contributed by atoms with van der Waals surface area (Å²) in [6.07, 6.45) is 10.1. The molecule has 0 saturated heterocycles. The summed E-state index contributed by atoms with van der Waals surface area (Å²) in [4.78, 5) is 142. The molecule has 15 aromatic rings. The highest BCUT2D eigenvalue weighted by molar-refractivity contribution is 7.22. The van der Waals surface area contributed by atoms with Crippen molar-refractivity contribution in [3.63, 3.8) is 0 Å². The normalized spacial score (nSPS) is 12.8. The molecular weight excluding hydrogens is 1690 g/mol. The van der Waals surface area contributed by atoms with E-state index in [1.165, 1.54) is 50.8 Å². The number of carbonyl (C=O) groups excluding carboxylic acids is 3. The predicted molar refractivity (Wildman–Crippen MR) is 514 cm³/mol. The van der Waals surface area contributed by atoms with Gasteiger partial charge in [-0.15, -0.1) is 34.0 Å². The Kier molecular flexibility index (Phi) is 27.4. The lowest BCUT2D eigenvalue weighted by Crippen LogP contribution is -2.34. The van der Waals surface area contributed by atoms with E-state index in [1.54, 1.807) is 40.1 Å². The minimum absolute atomic E-state index is 0.0104. The molecule has 6 aromatic heterocycles. The van der Waals surface area contributed by atoms with Crippen LogP contribution in [0.4, 0.5) is 17.1 Å². The first-order valence-corrected chi connectivity index (χ1v) is 46.6. The molecular formula is C102H99N9O15S3. The molecule has 0 unspecified atom stereocenters. The van der Waals surface area contributed by atoms with Crippen LogP contribution in [0.25, 0.3) is 129 Å². The maximum Gasteiger partial charge on any atom is 0.347 e. The number of nitrogens with one attached hydrogen (secondary N) is 1. The summed E-state index contributed by atoms with van der Waals surface area (Å²) in [6.45, 7) is 12.0. The smallest absolute Gasteiger partial charge is 0.347 e. The molecule has 0 spiro atoms. The second-order valence-electron chi connectivity index (χ2n) is 32.7. The fourth-order valence-corrected chi connectivity index (χ4v) is 20.8. The minimum atomic E-state index is -0.904. The summed E-state index contributed by atoms with van der Waals surface area (Å²) in [6, 6.07) is 57.2. The lowest BCUT2D eigenvalue weighted by Gasteiger charge is -2.37. The fourth-order valence-electron chi connectivity index (χ4n) is 17.7. The summed E-state index contributed by atoms with van der Waals surface area (Å²) in [7, 11) is 3.83. The van der Waals surface area contributed by atoms with Crippen molar-refractivity contribution < 1.29 is 57.3 Å². The van der Waals surface area contributed by atoms with Crippen LogP contribution in [-0.2, 0) is 33.6 Å². The van der Waals surface area contributed by atoms with Gasteiger partial charge in [-0.1, -0.05) is 118 Å². The van der Waals surface area contributed by atoms with Crippen LogP contribution in [0.1, 0.15) is 152 Å². The standard InChI is InChI=1S/C36H37N3O5S.C33H29N3O5S.C33H33N3O5S/c1-3-5-18-39(20-11-17-31(40)41)35(42)25-14-7-6-13-24(25)32-26-21-23-12-10-19-38(4-2)28(23)22-29(26)44-36(43)33(32)34-37-27-15-8-9-16-30(27)45-34;37-26(38)14-5-15-34-31(39)21-10-2-1-9-20(21)27-23-18-19-8-6-16-36-17-7-11-22(29(19)36)30(23)41-33(40)28(27)32-35-24-12-3-4-13-25(24)42-32;1-4-5-18-36(19-10-15-28(37)38)32(39)23-12-7-6-11-22(23)29-24-17-16-21(35(2)3)20-26(24)41-33(40)30(29)31-34-25-13-8-9-14-27(25)42-31/h6-9,13-16,21-22H,3-5,10-12,17-20H2,1-2H3,(H,40,41);1-4,9-10,12-13,18H,5-8,11,14-17H2,(H,34,39)(H,37,38);6-9,11-14,16-17,20H,4-5,10,15,18-19H2,1-3H3,(H,37,38). The molecule has 27 heteroatoms. The minimum Gasteiger partial charge on any atom is -0.481 e. The van der Waals surface area contributed by atoms with Gasteiger partial charge in [0, 0.05) is 177 Å². The van der Waals surface area contributed by atoms with Crippen LogP contribution >= 0.6 is 34.0 Å². The SMILES string of the molecule is CCCCN(CCCC(=O)O)C(=O)c1ccccc1-c1c(-c2nc3ccccc3s2)c(=O)oc2cc(N(C)C)ccc12.CCCCN(CCCC(=O)O)C(=O)c1ccccc1-c1c(-c2nc3ccccc3s2)c(=O)oc2cc3c(cc12)CCCN3CC.O=C(O)CCCNC(=O)c1ccccc1-c1c(-c2nc3ccccc3s2)c(=O)oc2c3c4c(cc12)CCCN4CCC3. The predicted octanol–water partition coefficient (Wildman–Crippen LogP) is 20.6. The van der Waals surface area contributed by atoms with Crippen LogP contribution in [0.5, 0.6) is 0 Å². The van der Waals surface area contributed by atoms with E-state index in [9.17, 15) is 53.4 Å². The van der Waals surface area contributed by atoms with Gasteiger partial charge in [0.2, 0.25) is 0 Å². The highest BCUT2D eigenvalue weighted by atomic mass is 32.1. The van der Waals surface area contributed by atoms with Gasteiger partial charge in [0.25, 0.3) is 17.7 Å². The van der Waals surface area contributed by atoms with Crippen LogP contribution in [0.3, 0.4) is 0 Å². The van der Waals surface area contributed by atoms with Crippen molar-refractivity contribution in [2.45, 2.75) is 124 Å². The molecule has 3 aliphatic heterocycles. The summed E-state index contributed by atoms with van der Waals surface area (Å²) in [5.74, 6) is -3.39. The van der Waals surface area contributed by atoms with Gasteiger partial charge in [-0.3, -0.25) is 28.8 Å². The number of para-hydroxylation sites is 3. The van der Waals surface area contributed by atoms with E-state index in [4.69, 9.17) is 33.3 Å². The Balaban J connectivity index is 0.000000142. The highest BCUT2D eigenvalue weighted by Gasteiger charge is 2.35. The number of hydrogen-bond acceptors (Lipinski definition) is 21. The molecule has 0 bridgehead atoms. The number of thiazole rings is 3. The largest absolute Gasteiger partial charge is 0.481 e. The molecule has 9 aromatic carbocycles. The number of fused-ring (bicyclic) bond motifs is 8. The Labute approximate surface area is 755 Å². The number of hydrogen-bond donors (Lipinski definition) is 4. The van der Waals surface area contributed by atoms with Crippen molar-refractivity contribution in [3.8, 4) is 65.1 Å². The van der Waals surface area contributed by atoms with Crippen molar-refractivity contribution in [2.24, 2.45) is 0 Å². The molecule has 18 rings (SSSR count). The molecule has 0 fully saturated rings. The van der Waals surface area contributed by atoms with Crippen LogP contribution in [0, 0.1) is 0 Å². The van der Waals surface area contributed by atoms with Gasteiger partial charge in [0.1, 0.15) is 48.5 Å². The Morgan fingerprint density at radius 2 is 0.868 bits per heavy atom. The second-order valence-corrected chi connectivity index (χ2v) is 35.8. The van der Waals surface area contributed by atoms with E-state index in [-0.39, 0.29) is 43.5 Å². The molecule has 0 saturated carbocycles. The number of carboxylic acid groups (broad SMARTS) is 3. The molecule has 9 heterocycles. The summed E-state index contributed by atoms with van der Waals surface area (Å²) in [5.41, 5.74) is 15.1. The fraction of sp³-hybridized carbons (Fsp3) is 0.294. The summed E-state index contributed by atoms with van der Waals surface area (Å²) in [5, 5.41) is 34.2. The van der Waals surface area contributed by atoms with Gasteiger partial charge in [-0.2, -0.15) is 0 Å². The number of aromatic nitrogens is 3. The Hall–Kier alpha value is -13.5. The monoisotopic (exact) mass is 1790 g/mol. The summed E-state index contributed by atoms with van der Waals surface area (Å²) < 4.78 is 21.0. The summed E-state index contributed by atoms with van der Waals surface area (Å²) >= 11 is 4.27. The number of amides is 3. The molecule has 3 aliphatic rings. The first-order valence-electron chi connectivity index (χ1n) is 44.1. The number of anilines is 3. The van der Waals surface area contributed by atoms with E-state index in [1.807, 2.05) is 159 Å². The Morgan fingerprint density at radius 3 is 1.37 bits per heavy atom. The van der Waals surface area contributed by atoms with Crippen molar-refractivity contribution in [2.75, 3.05) is 87.7 Å². The van der Waals surface area contributed by atoms with Crippen molar-refractivity contribution >= 4 is 150 Å². The average molecular weight is 1790 g/mol. The second kappa shape index (κ2) is 39.8. The van der Waals surface area contributed by atoms with Crippen LogP contribution in [0.2, 0.25) is 0 Å². The molecule has 129 heavy (non-hydrogen) atoms. The number of aryl methyl sites for hydroxylation is 3. The number of carbonyl (C=O) groups is 6. The zero-order valence-electron chi connectivity index (χ0n) is 72.5. The molecule has 0 radical (unpaired) electrons. The Morgan fingerprint density at radius 1 is 0.442 bits per heavy atom. The molecule has 3 amide bonds. The lowest BCUT2D eigenvalue weighted by molar-refractivity contribution is -0.138. The van der Waals surface area contributed by atoms with Crippen molar-refractivity contribution in [1.82, 2.24) is 30.1 Å². The molecule has 0 aliphatic carbocycles. The number of carboxylic acids is 3. The van der Waals surface area contributed by atoms with Gasteiger partial charge < -0.3 is 58.4 Å². The van der Waals surface area contributed by atoms with Crippen LogP contribution in [-0.4, -0.2) is 149 Å². The number of benzene rings is 9. The zero-order chi connectivity index (χ0) is 90.1. The number of nitrogens with zero attached hydrogens (tertiary/aromatic N) is 8. The van der Waals surface area contributed by atoms with Gasteiger partial charge in [0.15, 0.2) is 0 Å². The van der Waals surface area contributed by atoms with Gasteiger partial charge >= 0.3 is 34.8 Å². The zero-order valence-corrected chi connectivity index (χ0v) is 75.0. The van der Waals surface area contributed by atoms with Gasteiger partial charge in [0.05, 0.1) is 30.6 Å². The average Bonchev–Trinajstić information content (AvgIpc) is 1.70. The number of aliphatic carboxylic acids is 3. The van der Waals surface area contributed by atoms with Crippen LogP contribution in [0.15, 0.2) is 210 Å². The van der Waals surface area contributed by atoms with E-state index >= 15 is 0 Å². The van der Waals surface area contributed by atoms with E-state index in [0.717, 1.165) is 149 Å². The Bertz CT molecular complexity index is 6920. The third kappa shape index (κ3) is 19.0. The van der Waals surface area contributed by atoms with E-state index in [0.29, 0.717) is 149 Å². The molecule has 24 nitrogen and oxygen atoms in total. The first kappa shape index (κ1) is 88.9. The quantitative estimate of drug-likeness (QED) is 0.0250. The third-order valence-corrected chi connectivity index (χ3v) is 27.1. The van der Waals surface area contributed by atoms with Gasteiger partial charge in [-0.05, 0) is 184 Å². The number of unbranched alkanes of at least 4 members (excludes halogenated alkanes) is 2. The molecule has 0 atom stereocenters. The highest BCUT2D eigenvalue weighted by Crippen LogP contribution is 2.49. The van der Waals surface area contributed by atoms with E-state index < -0.39 is 34.8 Å². The third-order valence-electron chi connectivity index (χ3n) is 23.9. The van der Waals surface area contributed by atoms with Crippen molar-refractivity contribution in [1.29, 1.82) is 0 Å². The molecule has 4 N–H and O–H groups in total. The van der Waals surface area contributed by atoms with Crippen molar-refractivity contribution in [3.05, 3.63) is 247 Å². The van der Waals surface area contributed by atoms with Crippen LogP contribution < -0.4 is 36.9 Å². The lowest BCUT2D eigenvalue weighted by atomic mass is 9.86. The maximum absolute atomic E-state index is 14.3.